The number of benzene rings is 2. The van der Waals surface area contributed by atoms with Gasteiger partial charge in [0.1, 0.15) is 11.5 Å². The van der Waals surface area contributed by atoms with Crippen molar-refractivity contribution < 1.29 is 14.3 Å². The fraction of sp³-hybridized carbons (Fsp3) is 0.200. The molecular weight excluding hydrogens is 425 g/mol. The molecule has 4 aromatic rings. The van der Waals surface area contributed by atoms with E-state index in [0.29, 0.717) is 12.0 Å². The quantitative estimate of drug-likeness (QED) is 0.450. The Bertz CT molecular complexity index is 1210. The number of aliphatic hydroxyl groups excluding tert-OH is 1. The number of aromatic nitrogens is 2. The monoisotopic (exact) mass is 447 g/mol. The molecule has 1 aliphatic heterocycles. The Hall–Kier alpha value is -3.16. The van der Waals surface area contributed by atoms with E-state index >= 15 is 0 Å². The van der Waals surface area contributed by atoms with Crippen molar-refractivity contribution in [3.05, 3.63) is 102 Å². The molecule has 2 aromatic heterocycles. The molecule has 0 aliphatic carbocycles. The average Bonchev–Trinajstić information content (AvgIpc) is 3.41. The number of pyridine rings is 1. The van der Waals surface area contributed by atoms with Crippen LogP contribution in [0.3, 0.4) is 0 Å². The van der Waals surface area contributed by atoms with E-state index in [9.17, 15) is 14.3 Å². The number of rotatable bonds is 5. The van der Waals surface area contributed by atoms with Crippen molar-refractivity contribution in [3.8, 4) is 0 Å². The molecule has 0 saturated carbocycles. The van der Waals surface area contributed by atoms with Gasteiger partial charge in [-0.2, -0.15) is 0 Å². The molecule has 3 heterocycles. The molecule has 2 atom stereocenters. The van der Waals surface area contributed by atoms with Crippen molar-refractivity contribution in [2.24, 2.45) is 0 Å². The van der Waals surface area contributed by atoms with Crippen LogP contribution >= 0.6 is 11.8 Å². The lowest BCUT2D eigenvalue weighted by atomic mass is 10.0. The minimum atomic E-state index is -0.589. The van der Waals surface area contributed by atoms with Gasteiger partial charge < -0.3 is 14.4 Å². The van der Waals surface area contributed by atoms with Crippen LogP contribution in [0.1, 0.15) is 34.1 Å². The van der Waals surface area contributed by atoms with Gasteiger partial charge in [0.25, 0.3) is 5.91 Å². The number of carbonyl (C=O) groups excluding carboxylic acids is 1. The summed E-state index contributed by atoms with van der Waals surface area (Å²) >= 11 is 1.66. The molecule has 1 fully saturated rings. The molecule has 0 bridgehead atoms. The maximum atomic E-state index is 13.3. The predicted molar refractivity (Wildman–Crippen MR) is 122 cm³/mol. The van der Waals surface area contributed by atoms with Gasteiger partial charge in [-0.1, -0.05) is 18.2 Å². The lowest BCUT2D eigenvalue weighted by Gasteiger charge is -2.25. The molecule has 1 N–H and O–H groups in total. The third-order valence-corrected chi connectivity index (χ3v) is 6.74. The van der Waals surface area contributed by atoms with E-state index < -0.39 is 6.10 Å². The zero-order valence-corrected chi connectivity index (χ0v) is 18.1. The lowest BCUT2D eigenvalue weighted by Crippen LogP contribution is -2.31. The number of fused-ring (bicyclic) bond motifs is 1. The molecule has 5 nitrogen and oxygen atoms in total. The number of thioether (sulfide) groups is 1. The Morgan fingerprint density at radius 1 is 1.09 bits per heavy atom. The summed E-state index contributed by atoms with van der Waals surface area (Å²) < 4.78 is 15.3. The van der Waals surface area contributed by atoms with E-state index in [0.717, 1.165) is 27.6 Å². The fourth-order valence-electron chi connectivity index (χ4n) is 4.11. The lowest BCUT2D eigenvalue weighted by molar-refractivity contribution is 0.0715. The number of hydrogen-bond donors (Lipinski definition) is 1. The highest BCUT2D eigenvalue weighted by atomic mass is 32.2. The van der Waals surface area contributed by atoms with Crippen molar-refractivity contribution in [1.29, 1.82) is 0 Å². The summed E-state index contributed by atoms with van der Waals surface area (Å²) in [5.74, 6) is 0.287. The highest BCUT2D eigenvalue weighted by Crippen LogP contribution is 2.34. The summed E-state index contributed by atoms with van der Waals surface area (Å²) in [6.45, 7) is 0.269. The van der Waals surface area contributed by atoms with Gasteiger partial charge in [-0.15, -0.1) is 11.8 Å². The molecule has 1 aliphatic rings. The van der Waals surface area contributed by atoms with Crippen LogP contribution < -0.4 is 0 Å². The number of halogens is 1. The minimum Gasteiger partial charge on any atom is -0.391 e. The predicted octanol–water partition coefficient (Wildman–Crippen LogP) is 4.71. The first-order valence-corrected chi connectivity index (χ1v) is 11.5. The Morgan fingerprint density at radius 3 is 2.62 bits per heavy atom. The number of imidazole rings is 1. The second-order valence-electron chi connectivity index (χ2n) is 7.93. The first-order valence-electron chi connectivity index (χ1n) is 10.5. The molecular formula is C25H22FN3O2S. The van der Waals surface area contributed by atoms with Gasteiger partial charge in [0.15, 0.2) is 0 Å². The van der Waals surface area contributed by atoms with E-state index in [2.05, 4.69) is 4.98 Å². The van der Waals surface area contributed by atoms with Crippen molar-refractivity contribution >= 4 is 23.3 Å². The number of β-amino-alcohol motifs (C(OH)–C–C–N with tert-alkyl or cyclic N) is 1. The Morgan fingerprint density at radius 2 is 1.88 bits per heavy atom. The summed E-state index contributed by atoms with van der Waals surface area (Å²) in [5, 5.41) is 10.2. The Kier molecular flexibility index (Phi) is 5.68. The standard InChI is InChI=1S/C25H22FN3O2S/c26-19-8-4-17(5-9-19)23-13-21(30)15-29(23)25(31)18-6-10-22(11-7-18)32-16-20-14-28-12-2-1-3-24(28)27-20/h1-12,14,21,23,30H,13,15-16H2/t21-,23+/m0/s1. The second-order valence-corrected chi connectivity index (χ2v) is 8.97. The number of likely N-dealkylation sites (tertiary alicyclic amines) is 1. The molecule has 32 heavy (non-hydrogen) atoms. The van der Waals surface area contributed by atoms with Crippen LogP contribution in [-0.4, -0.2) is 37.9 Å². The van der Waals surface area contributed by atoms with Gasteiger partial charge >= 0.3 is 0 Å². The zero-order chi connectivity index (χ0) is 22.1. The maximum absolute atomic E-state index is 13.3. The molecule has 0 radical (unpaired) electrons. The van der Waals surface area contributed by atoms with E-state index in [1.165, 1.54) is 12.1 Å². The number of aliphatic hydroxyl groups is 1. The largest absolute Gasteiger partial charge is 0.391 e. The number of hydrogen-bond acceptors (Lipinski definition) is 4. The van der Waals surface area contributed by atoms with E-state index in [4.69, 9.17) is 0 Å². The van der Waals surface area contributed by atoms with Crippen LogP contribution in [0.2, 0.25) is 0 Å². The zero-order valence-electron chi connectivity index (χ0n) is 17.3. The van der Waals surface area contributed by atoms with Crippen LogP contribution in [0.25, 0.3) is 5.65 Å². The molecule has 0 unspecified atom stereocenters. The number of carbonyl (C=O) groups is 1. The highest BCUT2D eigenvalue weighted by molar-refractivity contribution is 7.98. The fourth-order valence-corrected chi connectivity index (χ4v) is 4.89. The third-order valence-electron chi connectivity index (χ3n) is 5.70. The van der Waals surface area contributed by atoms with Crippen molar-refractivity contribution in [2.45, 2.75) is 29.2 Å². The average molecular weight is 448 g/mol. The van der Waals surface area contributed by atoms with Crippen molar-refractivity contribution in [2.75, 3.05) is 6.54 Å². The van der Waals surface area contributed by atoms with Crippen molar-refractivity contribution in [1.82, 2.24) is 14.3 Å². The van der Waals surface area contributed by atoms with Gasteiger partial charge in [0.2, 0.25) is 0 Å². The van der Waals surface area contributed by atoms with Crippen molar-refractivity contribution in [3.63, 3.8) is 0 Å². The molecule has 1 saturated heterocycles. The van der Waals surface area contributed by atoms with Crippen LogP contribution in [0.5, 0.6) is 0 Å². The molecule has 162 valence electrons. The molecule has 7 heteroatoms. The minimum absolute atomic E-state index is 0.132. The number of nitrogens with zero attached hydrogens (tertiary/aromatic N) is 3. The van der Waals surface area contributed by atoms with Gasteiger partial charge in [-0.3, -0.25) is 4.79 Å². The Labute approximate surface area is 189 Å². The normalized spacial score (nSPS) is 18.4. The SMILES string of the molecule is O=C(c1ccc(SCc2cn3ccccc3n2)cc1)N1C[C@@H](O)C[C@@H]1c1ccc(F)cc1. The van der Waals surface area contributed by atoms with E-state index in [1.807, 2.05) is 59.3 Å². The van der Waals surface area contributed by atoms with Crippen LogP contribution in [0.15, 0.2) is 84.0 Å². The summed E-state index contributed by atoms with van der Waals surface area (Å²) in [6, 6.07) is 19.3. The number of amides is 1. The van der Waals surface area contributed by atoms with Crippen LogP contribution in [-0.2, 0) is 5.75 Å². The smallest absolute Gasteiger partial charge is 0.254 e. The van der Waals surface area contributed by atoms with Gasteiger partial charge in [-0.05, 0) is 60.5 Å². The molecule has 1 amide bonds. The topological polar surface area (TPSA) is 57.8 Å². The van der Waals surface area contributed by atoms with Gasteiger partial charge in [0, 0.05) is 35.2 Å². The van der Waals surface area contributed by atoms with E-state index in [-0.39, 0.29) is 24.3 Å². The van der Waals surface area contributed by atoms with Crippen LogP contribution in [0, 0.1) is 5.82 Å². The van der Waals surface area contributed by atoms with Crippen LogP contribution in [0.4, 0.5) is 4.39 Å². The summed E-state index contributed by atoms with van der Waals surface area (Å²) in [5.41, 5.74) is 3.32. The summed E-state index contributed by atoms with van der Waals surface area (Å²) in [7, 11) is 0. The second kappa shape index (κ2) is 8.76. The Balaban J connectivity index is 1.27. The summed E-state index contributed by atoms with van der Waals surface area (Å²) in [4.78, 5) is 20.5. The molecule has 2 aromatic carbocycles. The highest BCUT2D eigenvalue weighted by Gasteiger charge is 2.35. The van der Waals surface area contributed by atoms with E-state index in [1.54, 1.807) is 28.8 Å². The summed E-state index contributed by atoms with van der Waals surface area (Å²) in [6.07, 6.45) is 3.86. The molecule has 0 spiro atoms. The maximum Gasteiger partial charge on any atom is 0.254 e. The van der Waals surface area contributed by atoms with Gasteiger partial charge in [0.05, 0.1) is 17.8 Å². The first-order chi connectivity index (χ1) is 15.6. The first kappa shape index (κ1) is 20.7. The third kappa shape index (κ3) is 4.26. The molecule has 5 rings (SSSR count). The van der Waals surface area contributed by atoms with Gasteiger partial charge in [-0.25, -0.2) is 9.37 Å².